The molecule has 0 amide bonds. The van der Waals surface area contributed by atoms with E-state index >= 15 is 0 Å². The van der Waals surface area contributed by atoms with Gasteiger partial charge in [-0.1, -0.05) is 13.3 Å². The highest BCUT2D eigenvalue weighted by Crippen LogP contribution is 2.35. The molecule has 3 heterocycles. The summed E-state index contributed by atoms with van der Waals surface area (Å²) in [5.74, 6) is 0. The third-order valence-electron chi connectivity index (χ3n) is 4.42. The summed E-state index contributed by atoms with van der Waals surface area (Å²) in [6.07, 6.45) is 8.77. The zero-order chi connectivity index (χ0) is 12.4. The lowest BCUT2D eigenvalue weighted by Crippen LogP contribution is -2.55. The molecule has 1 N–H and O–H groups in total. The van der Waals surface area contributed by atoms with E-state index < -0.39 is 0 Å². The van der Waals surface area contributed by atoms with E-state index in [1.54, 1.807) is 11.3 Å². The van der Waals surface area contributed by atoms with Gasteiger partial charge < -0.3 is 5.32 Å². The number of hydrogen-bond acceptors (Lipinski definition) is 4. The van der Waals surface area contributed by atoms with E-state index in [2.05, 4.69) is 27.5 Å². The highest BCUT2D eigenvalue weighted by molar-refractivity contribution is 7.09. The van der Waals surface area contributed by atoms with Crippen LogP contribution < -0.4 is 5.32 Å². The summed E-state index contributed by atoms with van der Waals surface area (Å²) in [7, 11) is 0. The maximum Gasteiger partial charge on any atom is 0.107 e. The van der Waals surface area contributed by atoms with Crippen LogP contribution in [0.1, 0.15) is 44.0 Å². The topological polar surface area (TPSA) is 28.2 Å². The molecule has 2 unspecified atom stereocenters. The molecule has 2 bridgehead atoms. The Morgan fingerprint density at radius 1 is 1.39 bits per heavy atom. The molecule has 0 aliphatic carbocycles. The molecule has 2 fully saturated rings. The van der Waals surface area contributed by atoms with Gasteiger partial charge in [-0.2, -0.15) is 0 Å². The van der Waals surface area contributed by atoms with Crippen molar-refractivity contribution in [1.82, 2.24) is 15.2 Å². The molecule has 0 saturated carbocycles. The first kappa shape index (κ1) is 12.6. The molecule has 0 spiro atoms. The number of piperidine rings is 2. The minimum Gasteiger partial charge on any atom is -0.314 e. The van der Waals surface area contributed by atoms with Crippen LogP contribution in [-0.4, -0.2) is 34.6 Å². The molecule has 1 aromatic heterocycles. The molecule has 1 aromatic rings. The molecule has 2 atom stereocenters. The van der Waals surface area contributed by atoms with Crippen LogP contribution in [0.2, 0.25) is 0 Å². The minimum absolute atomic E-state index is 0.748. The van der Waals surface area contributed by atoms with E-state index in [-0.39, 0.29) is 0 Å². The second-order valence-electron chi connectivity index (χ2n) is 5.56. The first-order valence-corrected chi connectivity index (χ1v) is 8.12. The van der Waals surface area contributed by atoms with Crippen molar-refractivity contribution < 1.29 is 0 Å². The Kier molecular flexibility index (Phi) is 3.97. The van der Waals surface area contributed by atoms with Crippen LogP contribution in [0.3, 0.4) is 0 Å². The molecule has 0 radical (unpaired) electrons. The van der Waals surface area contributed by atoms with Gasteiger partial charge in [0.1, 0.15) is 5.01 Å². The van der Waals surface area contributed by atoms with E-state index in [4.69, 9.17) is 0 Å². The first-order chi connectivity index (χ1) is 8.86. The normalized spacial score (nSPS) is 32.6. The van der Waals surface area contributed by atoms with Crippen molar-refractivity contribution in [3.05, 3.63) is 16.6 Å². The van der Waals surface area contributed by atoms with E-state index in [0.29, 0.717) is 0 Å². The van der Waals surface area contributed by atoms with Gasteiger partial charge in [0.25, 0.3) is 0 Å². The monoisotopic (exact) mass is 265 g/mol. The third-order valence-corrected chi connectivity index (χ3v) is 5.18. The molecular formula is C14H23N3S. The lowest BCUT2D eigenvalue weighted by atomic mass is 9.82. The van der Waals surface area contributed by atoms with Gasteiger partial charge in [0.05, 0.1) is 6.54 Å². The number of thiazole rings is 1. The Morgan fingerprint density at radius 3 is 2.78 bits per heavy atom. The fourth-order valence-corrected chi connectivity index (χ4v) is 4.30. The Morgan fingerprint density at radius 2 is 2.17 bits per heavy atom. The van der Waals surface area contributed by atoms with Crippen LogP contribution in [0.4, 0.5) is 0 Å². The lowest BCUT2D eigenvalue weighted by molar-refractivity contribution is 0.0179. The predicted octanol–water partition coefficient (Wildman–Crippen LogP) is 2.64. The summed E-state index contributed by atoms with van der Waals surface area (Å²) in [4.78, 5) is 7.19. The lowest BCUT2D eigenvalue weighted by Gasteiger charge is -2.48. The van der Waals surface area contributed by atoms with Crippen LogP contribution in [0.15, 0.2) is 11.6 Å². The van der Waals surface area contributed by atoms with Gasteiger partial charge in [-0.3, -0.25) is 4.90 Å². The molecule has 4 heteroatoms. The average molecular weight is 265 g/mol. The van der Waals surface area contributed by atoms with Crippen molar-refractivity contribution in [3.63, 3.8) is 0 Å². The highest BCUT2D eigenvalue weighted by atomic mass is 32.1. The summed E-state index contributed by atoms with van der Waals surface area (Å²) in [5, 5.41) is 7.03. The van der Waals surface area contributed by atoms with Crippen molar-refractivity contribution >= 4 is 11.3 Å². The Bertz CT molecular complexity index is 351. The van der Waals surface area contributed by atoms with Crippen LogP contribution in [0, 0.1) is 0 Å². The molecule has 2 aliphatic heterocycles. The van der Waals surface area contributed by atoms with Crippen molar-refractivity contribution in [2.45, 2.75) is 63.7 Å². The number of nitrogens with one attached hydrogen (secondary N) is 1. The fourth-order valence-electron chi connectivity index (χ4n) is 3.68. The van der Waals surface area contributed by atoms with Crippen molar-refractivity contribution in [1.29, 1.82) is 0 Å². The van der Waals surface area contributed by atoms with Gasteiger partial charge in [0.2, 0.25) is 0 Å². The van der Waals surface area contributed by atoms with Gasteiger partial charge in [-0.25, -0.2) is 4.98 Å². The summed E-state index contributed by atoms with van der Waals surface area (Å²) in [6, 6.07) is 2.31. The molecule has 3 nitrogen and oxygen atoms in total. The molecule has 0 aromatic carbocycles. The van der Waals surface area contributed by atoms with Gasteiger partial charge in [0.15, 0.2) is 0 Å². The maximum atomic E-state index is 4.45. The molecule has 100 valence electrons. The molecule has 2 aliphatic rings. The fraction of sp³-hybridized carbons (Fsp3) is 0.786. The van der Waals surface area contributed by atoms with Crippen LogP contribution in [-0.2, 0) is 6.54 Å². The molecule has 3 rings (SSSR count). The van der Waals surface area contributed by atoms with Crippen LogP contribution in [0.5, 0.6) is 0 Å². The van der Waals surface area contributed by atoms with Crippen LogP contribution in [0.25, 0.3) is 0 Å². The largest absolute Gasteiger partial charge is 0.314 e. The maximum absolute atomic E-state index is 4.45. The first-order valence-electron chi connectivity index (χ1n) is 7.24. The van der Waals surface area contributed by atoms with Gasteiger partial charge in [0, 0.05) is 29.7 Å². The highest BCUT2D eigenvalue weighted by Gasteiger charge is 2.37. The summed E-state index contributed by atoms with van der Waals surface area (Å²) < 4.78 is 0. The number of nitrogens with zero attached hydrogens (tertiary/aromatic N) is 2. The van der Waals surface area contributed by atoms with E-state index in [1.165, 1.54) is 37.1 Å². The molecule has 2 saturated heterocycles. The summed E-state index contributed by atoms with van der Waals surface area (Å²) >= 11 is 1.80. The number of fused-ring (bicyclic) bond motifs is 2. The number of rotatable bonds is 4. The van der Waals surface area contributed by atoms with Crippen molar-refractivity contribution in [2.75, 3.05) is 6.54 Å². The number of aromatic nitrogens is 1. The Labute approximate surface area is 114 Å². The zero-order valence-electron chi connectivity index (χ0n) is 11.1. The molecule has 18 heavy (non-hydrogen) atoms. The third kappa shape index (κ3) is 2.60. The number of hydrogen-bond donors (Lipinski definition) is 1. The van der Waals surface area contributed by atoms with Gasteiger partial charge in [-0.05, 0) is 32.2 Å². The van der Waals surface area contributed by atoms with E-state index in [0.717, 1.165) is 31.2 Å². The quantitative estimate of drug-likeness (QED) is 0.907. The molecular weight excluding hydrogens is 242 g/mol. The predicted molar refractivity (Wildman–Crippen MR) is 75.8 cm³/mol. The zero-order valence-corrected chi connectivity index (χ0v) is 12.0. The van der Waals surface area contributed by atoms with Crippen molar-refractivity contribution in [3.8, 4) is 0 Å². The Balaban J connectivity index is 1.68. The smallest absolute Gasteiger partial charge is 0.107 e. The second kappa shape index (κ2) is 5.68. The van der Waals surface area contributed by atoms with Crippen LogP contribution >= 0.6 is 11.3 Å². The average Bonchev–Trinajstić information content (AvgIpc) is 2.83. The van der Waals surface area contributed by atoms with Gasteiger partial charge in [-0.15, -0.1) is 11.3 Å². The standard InChI is InChI=1S/C14H23N3S/c1-2-15-11-8-12-4-3-5-13(9-11)17(12)10-14-16-6-7-18-14/h6-7,11-13,15H,2-5,8-10H2,1H3. The van der Waals surface area contributed by atoms with Crippen molar-refractivity contribution in [2.24, 2.45) is 0 Å². The summed E-state index contributed by atoms with van der Waals surface area (Å²) in [6.45, 7) is 4.40. The Hall–Kier alpha value is -0.450. The van der Waals surface area contributed by atoms with E-state index in [1.807, 2.05) is 6.20 Å². The van der Waals surface area contributed by atoms with Gasteiger partial charge >= 0.3 is 0 Å². The SMILES string of the molecule is CCNC1CC2CCCC(C1)N2Cc1nccs1. The summed E-state index contributed by atoms with van der Waals surface area (Å²) in [5.41, 5.74) is 0. The minimum atomic E-state index is 0.748. The second-order valence-corrected chi connectivity index (χ2v) is 6.54. The van der Waals surface area contributed by atoms with E-state index in [9.17, 15) is 0 Å².